The molecular formula is C20H31N3O5. The topological polar surface area (TPSA) is 117 Å². The quantitative estimate of drug-likeness (QED) is 0.401. The Morgan fingerprint density at radius 2 is 1.82 bits per heavy atom. The van der Waals surface area contributed by atoms with Gasteiger partial charge < -0.3 is 25.8 Å². The first-order chi connectivity index (χ1) is 13.4. The molecule has 156 valence electrons. The number of rotatable bonds is 12. The lowest BCUT2D eigenvalue weighted by molar-refractivity contribution is -0.128. The van der Waals surface area contributed by atoms with Crippen molar-refractivity contribution in [1.29, 1.82) is 0 Å². The molecule has 8 heteroatoms. The largest absolute Gasteiger partial charge is 0.392 e. The summed E-state index contributed by atoms with van der Waals surface area (Å²) in [4.78, 5) is 35.9. The second kappa shape index (κ2) is 12.9. The van der Waals surface area contributed by atoms with E-state index in [0.29, 0.717) is 24.3 Å². The van der Waals surface area contributed by atoms with Gasteiger partial charge in [0, 0.05) is 19.2 Å². The molecule has 1 unspecified atom stereocenters. The summed E-state index contributed by atoms with van der Waals surface area (Å²) in [6, 6.07) is 4.40. The van der Waals surface area contributed by atoms with Gasteiger partial charge in [-0.2, -0.15) is 0 Å². The van der Waals surface area contributed by atoms with Crippen molar-refractivity contribution in [1.82, 2.24) is 10.6 Å². The van der Waals surface area contributed by atoms with Crippen molar-refractivity contribution >= 4 is 23.4 Å². The van der Waals surface area contributed by atoms with E-state index in [2.05, 4.69) is 22.9 Å². The van der Waals surface area contributed by atoms with E-state index in [9.17, 15) is 19.5 Å². The molecule has 0 aliphatic carbocycles. The average molecular weight is 393 g/mol. The lowest BCUT2D eigenvalue weighted by Gasteiger charge is -2.15. The van der Waals surface area contributed by atoms with E-state index < -0.39 is 17.9 Å². The number of anilines is 1. The van der Waals surface area contributed by atoms with Crippen LogP contribution in [0.25, 0.3) is 0 Å². The first kappa shape index (κ1) is 23.6. The van der Waals surface area contributed by atoms with E-state index in [1.165, 1.54) is 0 Å². The van der Waals surface area contributed by atoms with Gasteiger partial charge in [0.15, 0.2) is 0 Å². The van der Waals surface area contributed by atoms with Crippen LogP contribution in [0.1, 0.15) is 50.7 Å². The van der Waals surface area contributed by atoms with Crippen LogP contribution in [0, 0.1) is 0 Å². The van der Waals surface area contributed by atoms with Crippen LogP contribution < -0.4 is 16.0 Å². The smallest absolute Gasteiger partial charge is 0.246 e. The first-order valence-electron chi connectivity index (χ1n) is 9.49. The monoisotopic (exact) mass is 393 g/mol. The molecule has 0 heterocycles. The average Bonchev–Trinajstić information content (AvgIpc) is 2.66. The van der Waals surface area contributed by atoms with E-state index in [0.717, 1.165) is 24.8 Å². The van der Waals surface area contributed by atoms with Gasteiger partial charge >= 0.3 is 0 Å². The van der Waals surface area contributed by atoms with Crippen LogP contribution in [-0.2, 0) is 32.3 Å². The summed E-state index contributed by atoms with van der Waals surface area (Å²) in [5.74, 6) is -1.01. The molecule has 0 saturated heterocycles. The Labute approximate surface area is 166 Å². The van der Waals surface area contributed by atoms with Gasteiger partial charge in [0.25, 0.3) is 0 Å². The Morgan fingerprint density at radius 1 is 1.11 bits per heavy atom. The van der Waals surface area contributed by atoms with Crippen LogP contribution in [0.15, 0.2) is 18.2 Å². The molecule has 1 atom stereocenters. The van der Waals surface area contributed by atoms with Crippen LogP contribution in [0.5, 0.6) is 0 Å². The molecule has 1 aromatic carbocycles. The van der Waals surface area contributed by atoms with Crippen molar-refractivity contribution < 1.29 is 24.2 Å². The van der Waals surface area contributed by atoms with E-state index in [1.54, 1.807) is 32.2 Å². The highest BCUT2D eigenvalue weighted by atomic mass is 16.5. The van der Waals surface area contributed by atoms with Crippen LogP contribution in [-0.4, -0.2) is 42.5 Å². The summed E-state index contributed by atoms with van der Waals surface area (Å²) < 4.78 is 5.08. The van der Waals surface area contributed by atoms with Crippen molar-refractivity contribution in [2.75, 3.05) is 19.0 Å². The maximum absolute atomic E-state index is 12.3. The predicted molar refractivity (Wildman–Crippen MR) is 106 cm³/mol. The standard InChI is InChI=1S/C20H31N3O5/c1-4-5-6-7-18(25)21-11-19(26)22-14(2)20(27)23-17-9-15(12-24)8-16(10-17)13-28-3/h8-10,14,24H,4-7,11-13H2,1-3H3,(H,21,25)(H,22,26)(H,23,27). The fourth-order valence-electron chi connectivity index (χ4n) is 2.59. The predicted octanol–water partition coefficient (Wildman–Crippen LogP) is 1.47. The van der Waals surface area contributed by atoms with Gasteiger partial charge in [-0.25, -0.2) is 0 Å². The van der Waals surface area contributed by atoms with E-state index in [4.69, 9.17) is 4.74 Å². The van der Waals surface area contributed by atoms with Gasteiger partial charge in [-0.3, -0.25) is 14.4 Å². The Bertz CT molecular complexity index is 663. The third kappa shape index (κ3) is 8.96. The lowest BCUT2D eigenvalue weighted by Crippen LogP contribution is -2.45. The summed E-state index contributed by atoms with van der Waals surface area (Å²) in [7, 11) is 1.56. The molecular weight excluding hydrogens is 362 g/mol. The third-order valence-electron chi connectivity index (χ3n) is 4.04. The lowest BCUT2D eigenvalue weighted by atomic mass is 10.1. The molecule has 0 fully saturated rings. The zero-order valence-corrected chi connectivity index (χ0v) is 16.8. The van der Waals surface area contributed by atoms with Gasteiger partial charge in [0.2, 0.25) is 17.7 Å². The van der Waals surface area contributed by atoms with Gasteiger partial charge in [-0.15, -0.1) is 0 Å². The molecule has 0 radical (unpaired) electrons. The summed E-state index contributed by atoms with van der Waals surface area (Å²) in [5.41, 5.74) is 1.97. The number of hydrogen-bond acceptors (Lipinski definition) is 5. The molecule has 1 aromatic rings. The van der Waals surface area contributed by atoms with Crippen molar-refractivity contribution in [3.63, 3.8) is 0 Å². The number of hydrogen-bond donors (Lipinski definition) is 4. The van der Waals surface area contributed by atoms with Crippen molar-refractivity contribution in [3.8, 4) is 0 Å². The molecule has 3 amide bonds. The number of methoxy groups -OCH3 is 1. The van der Waals surface area contributed by atoms with Gasteiger partial charge in [0.1, 0.15) is 6.04 Å². The second-order valence-corrected chi connectivity index (χ2v) is 6.64. The van der Waals surface area contributed by atoms with Crippen molar-refractivity contribution in [2.24, 2.45) is 0 Å². The molecule has 8 nitrogen and oxygen atoms in total. The summed E-state index contributed by atoms with van der Waals surface area (Å²) >= 11 is 0. The zero-order chi connectivity index (χ0) is 20.9. The highest BCUT2D eigenvalue weighted by Crippen LogP contribution is 2.16. The number of amides is 3. The number of carbonyl (C=O) groups excluding carboxylic acids is 3. The molecule has 0 spiro atoms. The number of aliphatic hydroxyl groups excluding tert-OH is 1. The number of nitrogens with one attached hydrogen (secondary N) is 3. The molecule has 1 rings (SSSR count). The molecule has 0 bridgehead atoms. The Kier molecular flexibility index (Phi) is 10.8. The Morgan fingerprint density at radius 3 is 2.46 bits per heavy atom. The maximum atomic E-state index is 12.3. The van der Waals surface area contributed by atoms with Gasteiger partial charge in [-0.1, -0.05) is 25.8 Å². The number of ether oxygens (including phenoxy) is 1. The molecule has 0 saturated carbocycles. The van der Waals surface area contributed by atoms with E-state index in [-0.39, 0.29) is 19.1 Å². The van der Waals surface area contributed by atoms with Crippen LogP contribution in [0.4, 0.5) is 5.69 Å². The molecule has 0 aliphatic heterocycles. The number of benzene rings is 1. The van der Waals surface area contributed by atoms with Gasteiger partial charge in [0.05, 0.1) is 19.8 Å². The molecule has 0 aliphatic rings. The fourth-order valence-corrected chi connectivity index (χ4v) is 2.59. The zero-order valence-electron chi connectivity index (χ0n) is 16.8. The van der Waals surface area contributed by atoms with Crippen LogP contribution in [0.2, 0.25) is 0 Å². The van der Waals surface area contributed by atoms with Crippen LogP contribution in [0.3, 0.4) is 0 Å². The van der Waals surface area contributed by atoms with Crippen LogP contribution >= 0.6 is 0 Å². The van der Waals surface area contributed by atoms with Crippen molar-refractivity contribution in [3.05, 3.63) is 29.3 Å². The van der Waals surface area contributed by atoms with Crippen molar-refractivity contribution in [2.45, 2.75) is 58.8 Å². The summed E-state index contributed by atoms with van der Waals surface area (Å²) in [5, 5.41) is 17.2. The minimum atomic E-state index is -0.784. The minimum Gasteiger partial charge on any atom is -0.392 e. The number of unbranched alkanes of at least 4 members (excludes halogenated alkanes) is 2. The Balaban J connectivity index is 2.51. The SMILES string of the molecule is CCCCCC(=O)NCC(=O)NC(C)C(=O)Nc1cc(CO)cc(COC)c1. The fraction of sp³-hybridized carbons (Fsp3) is 0.550. The maximum Gasteiger partial charge on any atom is 0.246 e. The second-order valence-electron chi connectivity index (χ2n) is 6.64. The third-order valence-corrected chi connectivity index (χ3v) is 4.04. The molecule has 28 heavy (non-hydrogen) atoms. The van der Waals surface area contributed by atoms with E-state index in [1.807, 2.05) is 0 Å². The Hall–Kier alpha value is -2.45. The highest BCUT2D eigenvalue weighted by Gasteiger charge is 2.16. The number of carbonyl (C=O) groups is 3. The first-order valence-corrected chi connectivity index (χ1v) is 9.49. The van der Waals surface area contributed by atoms with E-state index >= 15 is 0 Å². The summed E-state index contributed by atoms with van der Waals surface area (Å²) in [6.45, 7) is 3.63. The summed E-state index contributed by atoms with van der Waals surface area (Å²) in [6.07, 6.45) is 3.18. The molecule has 0 aromatic heterocycles. The highest BCUT2D eigenvalue weighted by molar-refractivity contribution is 5.97. The number of aliphatic hydroxyl groups is 1. The van der Waals surface area contributed by atoms with Gasteiger partial charge in [-0.05, 0) is 36.6 Å². The normalized spacial score (nSPS) is 11.6. The molecule has 4 N–H and O–H groups in total. The minimum absolute atomic E-state index is 0.162.